The van der Waals surface area contributed by atoms with Gasteiger partial charge < -0.3 is 10.2 Å². The molecule has 1 aliphatic carbocycles. The highest BCUT2D eigenvalue weighted by atomic mass is 16.2. The molecule has 0 aromatic heterocycles. The molecule has 0 aromatic carbocycles. The molecule has 2 atom stereocenters. The molecule has 2 aliphatic heterocycles. The van der Waals surface area contributed by atoms with Crippen LogP contribution in [-0.4, -0.2) is 61.0 Å². The minimum Gasteiger partial charge on any atom is -0.339 e. The monoisotopic (exact) mass is 223 g/mol. The number of hydrogen-bond acceptors (Lipinski definition) is 3. The van der Waals surface area contributed by atoms with Gasteiger partial charge in [0.15, 0.2) is 0 Å². The lowest BCUT2D eigenvalue weighted by Crippen LogP contribution is -2.64. The predicted octanol–water partition coefficient (Wildman–Crippen LogP) is -0.242. The van der Waals surface area contributed by atoms with Crippen molar-refractivity contribution in [3.8, 4) is 0 Å². The number of carbonyl (C=O) groups excluding carboxylic acids is 1. The normalized spacial score (nSPS) is 35.9. The molecule has 1 amide bonds. The molecule has 90 valence electrons. The van der Waals surface area contributed by atoms with Crippen molar-refractivity contribution >= 4 is 5.91 Å². The number of amides is 1. The largest absolute Gasteiger partial charge is 0.339 e. The Balaban J connectivity index is 1.45. The van der Waals surface area contributed by atoms with Gasteiger partial charge in [0.1, 0.15) is 0 Å². The Morgan fingerprint density at radius 1 is 1.25 bits per heavy atom. The molecule has 1 N–H and O–H groups in total. The van der Waals surface area contributed by atoms with E-state index >= 15 is 0 Å². The lowest BCUT2D eigenvalue weighted by molar-refractivity contribution is -0.140. The van der Waals surface area contributed by atoms with E-state index in [1.807, 2.05) is 0 Å². The number of nitrogens with zero attached hydrogens (tertiary/aromatic N) is 2. The van der Waals surface area contributed by atoms with E-state index in [0.29, 0.717) is 23.8 Å². The van der Waals surface area contributed by atoms with Gasteiger partial charge in [-0.1, -0.05) is 6.92 Å². The van der Waals surface area contributed by atoms with Crippen LogP contribution in [0.4, 0.5) is 0 Å². The molecule has 3 rings (SSSR count). The summed E-state index contributed by atoms with van der Waals surface area (Å²) in [5.74, 6) is 1.42. The average molecular weight is 223 g/mol. The predicted molar refractivity (Wildman–Crippen MR) is 62.1 cm³/mol. The zero-order valence-corrected chi connectivity index (χ0v) is 9.98. The second-order valence-corrected chi connectivity index (χ2v) is 5.50. The van der Waals surface area contributed by atoms with Crippen LogP contribution < -0.4 is 5.32 Å². The van der Waals surface area contributed by atoms with Crippen molar-refractivity contribution in [1.29, 1.82) is 0 Å². The number of likely N-dealkylation sites (tertiary alicyclic amines) is 1. The Morgan fingerprint density at radius 3 is 2.44 bits per heavy atom. The van der Waals surface area contributed by atoms with Crippen LogP contribution in [0.2, 0.25) is 0 Å². The quantitative estimate of drug-likeness (QED) is 0.702. The molecule has 1 saturated carbocycles. The third kappa shape index (κ3) is 1.84. The zero-order chi connectivity index (χ0) is 11.1. The first kappa shape index (κ1) is 10.5. The second kappa shape index (κ2) is 4.00. The summed E-state index contributed by atoms with van der Waals surface area (Å²) >= 11 is 0. The van der Waals surface area contributed by atoms with E-state index in [1.165, 1.54) is 0 Å². The third-order valence-electron chi connectivity index (χ3n) is 4.27. The van der Waals surface area contributed by atoms with Gasteiger partial charge in [-0.25, -0.2) is 0 Å². The van der Waals surface area contributed by atoms with Gasteiger partial charge in [-0.15, -0.1) is 0 Å². The van der Waals surface area contributed by atoms with Crippen LogP contribution in [0.5, 0.6) is 0 Å². The molecule has 2 unspecified atom stereocenters. The topological polar surface area (TPSA) is 35.6 Å². The van der Waals surface area contributed by atoms with Crippen molar-refractivity contribution in [2.75, 3.05) is 39.3 Å². The fourth-order valence-corrected chi connectivity index (χ4v) is 2.81. The molecule has 2 heterocycles. The minimum absolute atomic E-state index is 0.365. The first-order chi connectivity index (χ1) is 7.75. The van der Waals surface area contributed by atoms with E-state index in [4.69, 9.17) is 0 Å². The average Bonchev–Trinajstić information content (AvgIpc) is 2.95. The molecule has 2 saturated heterocycles. The van der Waals surface area contributed by atoms with Gasteiger partial charge in [-0.05, 0) is 12.3 Å². The fourth-order valence-electron chi connectivity index (χ4n) is 2.81. The van der Waals surface area contributed by atoms with Crippen LogP contribution in [0.15, 0.2) is 0 Å². The fraction of sp³-hybridized carbons (Fsp3) is 0.917. The van der Waals surface area contributed by atoms with Crippen LogP contribution in [-0.2, 0) is 4.79 Å². The van der Waals surface area contributed by atoms with E-state index in [1.54, 1.807) is 0 Å². The summed E-state index contributed by atoms with van der Waals surface area (Å²) < 4.78 is 0. The number of nitrogens with one attached hydrogen (secondary N) is 1. The Kier molecular flexibility index (Phi) is 2.64. The minimum atomic E-state index is 0.365. The summed E-state index contributed by atoms with van der Waals surface area (Å²) in [7, 11) is 0. The van der Waals surface area contributed by atoms with Gasteiger partial charge in [-0.3, -0.25) is 9.69 Å². The Hall–Kier alpha value is -0.610. The Labute approximate surface area is 97.0 Å². The first-order valence-electron chi connectivity index (χ1n) is 6.49. The molecule has 0 radical (unpaired) electrons. The van der Waals surface area contributed by atoms with Crippen LogP contribution in [0, 0.1) is 11.8 Å². The third-order valence-corrected chi connectivity index (χ3v) is 4.27. The summed E-state index contributed by atoms with van der Waals surface area (Å²) in [6, 6.07) is 0.639. The van der Waals surface area contributed by atoms with E-state index in [0.717, 1.165) is 45.7 Å². The SMILES string of the molecule is CC1CC1C(=O)N1CC(N2CCNCC2)C1. The Morgan fingerprint density at radius 2 is 1.88 bits per heavy atom. The standard InChI is InChI=1S/C12H21N3O/c1-9-6-11(9)12(16)15-7-10(8-15)14-4-2-13-3-5-14/h9-11,13H,2-8H2,1H3. The maximum absolute atomic E-state index is 11.9. The van der Waals surface area contributed by atoms with E-state index in [2.05, 4.69) is 22.0 Å². The molecule has 0 aromatic rings. The zero-order valence-electron chi connectivity index (χ0n) is 9.98. The van der Waals surface area contributed by atoms with Crippen molar-refractivity contribution in [1.82, 2.24) is 15.1 Å². The molecule has 0 bridgehead atoms. The molecule has 3 fully saturated rings. The van der Waals surface area contributed by atoms with Crippen molar-refractivity contribution in [2.45, 2.75) is 19.4 Å². The van der Waals surface area contributed by atoms with Crippen molar-refractivity contribution in [2.24, 2.45) is 11.8 Å². The van der Waals surface area contributed by atoms with Gasteiger partial charge >= 0.3 is 0 Å². The summed E-state index contributed by atoms with van der Waals surface area (Å²) in [6.07, 6.45) is 1.12. The summed E-state index contributed by atoms with van der Waals surface area (Å²) in [5.41, 5.74) is 0. The summed E-state index contributed by atoms with van der Waals surface area (Å²) in [5, 5.41) is 3.36. The maximum Gasteiger partial charge on any atom is 0.226 e. The van der Waals surface area contributed by atoms with Crippen molar-refractivity contribution in [3.63, 3.8) is 0 Å². The Bertz CT molecular complexity index is 282. The molecule has 16 heavy (non-hydrogen) atoms. The molecular weight excluding hydrogens is 202 g/mol. The van der Waals surface area contributed by atoms with Crippen LogP contribution in [0.25, 0.3) is 0 Å². The van der Waals surface area contributed by atoms with Gasteiger partial charge in [0.05, 0.1) is 0 Å². The van der Waals surface area contributed by atoms with Crippen molar-refractivity contribution < 1.29 is 4.79 Å². The maximum atomic E-state index is 11.9. The van der Waals surface area contributed by atoms with Gasteiger partial charge in [0.2, 0.25) is 5.91 Å². The molecule has 4 heteroatoms. The smallest absolute Gasteiger partial charge is 0.226 e. The van der Waals surface area contributed by atoms with Gasteiger partial charge in [0.25, 0.3) is 0 Å². The van der Waals surface area contributed by atoms with Crippen LogP contribution in [0.3, 0.4) is 0 Å². The van der Waals surface area contributed by atoms with E-state index < -0.39 is 0 Å². The highest BCUT2D eigenvalue weighted by Gasteiger charge is 2.45. The number of hydrogen-bond donors (Lipinski definition) is 1. The van der Waals surface area contributed by atoms with Crippen LogP contribution >= 0.6 is 0 Å². The molecular formula is C12H21N3O. The molecule has 0 spiro atoms. The van der Waals surface area contributed by atoms with E-state index in [-0.39, 0.29) is 0 Å². The van der Waals surface area contributed by atoms with Crippen molar-refractivity contribution in [3.05, 3.63) is 0 Å². The second-order valence-electron chi connectivity index (χ2n) is 5.50. The molecule has 3 aliphatic rings. The summed E-state index contributed by atoms with van der Waals surface area (Å²) in [6.45, 7) is 8.62. The highest BCUT2D eigenvalue weighted by molar-refractivity contribution is 5.82. The molecule has 4 nitrogen and oxygen atoms in total. The number of rotatable bonds is 2. The lowest BCUT2D eigenvalue weighted by atomic mass is 10.1. The van der Waals surface area contributed by atoms with Gasteiger partial charge in [-0.2, -0.15) is 0 Å². The number of carbonyl (C=O) groups is 1. The highest BCUT2D eigenvalue weighted by Crippen LogP contribution is 2.40. The van der Waals surface area contributed by atoms with Gasteiger partial charge in [0, 0.05) is 51.2 Å². The number of piperazine rings is 1. The lowest BCUT2D eigenvalue weighted by Gasteiger charge is -2.47. The van der Waals surface area contributed by atoms with Crippen LogP contribution in [0.1, 0.15) is 13.3 Å². The summed E-state index contributed by atoms with van der Waals surface area (Å²) in [4.78, 5) is 16.5. The first-order valence-corrected chi connectivity index (χ1v) is 6.49. The van der Waals surface area contributed by atoms with E-state index in [9.17, 15) is 4.79 Å².